The Balaban J connectivity index is 1.13. The van der Waals surface area contributed by atoms with Gasteiger partial charge >= 0.3 is 0 Å². The normalized spacial score (nSPS) is 11.9. The number of benzene rings is 9. The van der Waals surface area contributed by atoms with Crippen LogP contribution in [0.3, 0.4) is 0 Å². The van der Waals surface area contributed by atoms with Crippen LogP contribution in [0.1, 0.15) is 0 Å². The molecule has 0 amide bonds. The quantitative estimate of drug-likeness (QED) is 0.168. The zero-order valence-corrected chi connectivity index (χ0v) is 31.0. The summed E-state index contributed by atoms with van der Waals surface area (Å²) >= 11 is 0. The first-order chi connectivity index (χ1) is 28.3. The van der Waals surface area contributed by atoms with Crippen molar-refractivity contribution in [2.45, 2.75) is 0 Å². The molecule has 9 aromatic carbocycles. The Kier molecular flexibility index (Phi) is 6.93. The first-order valence-corrected chi connectivity index (χ1v) is 19.6. The molecule has 3 heteroatoms. The Bertz CT molecular complexity index is 3500. The van der Waals surface area contributed by atoms with E-state index in [1.165, 1.54) is 87.7 Å². The van der Waals surface area contributed by atoms with E-state index < -0.39 is 0 Å². The molecule has 0 unspecified atom stereocenters. The van der Waals surface area contributed by atoms with Gasteiger partial charge < -0.3 is 13.7 Å². The van der Waals surface area contributed by atoms with Crippen LogP contribution in [-0.2, 0) is 0 Å². The molecular weight excluding hydrogens is 691 g/mol. The van der Waals surface area contributed by atoms with E-state index in [1.54, 1.807) is 0 Å². The summed E-state index contributed by atoms with van der Waals surface area (Å²) in [7, 11) is 0. The SMILES string of the molecule is c1ccc(-c2ccc3c(c2)c2cc(-n4c5ccccc5c5c(-c6cccc7c6c6ccccc6n7-c6ccccc6)cccc54)ccc2n3-c2ccccc2)cc1. The average Bonchev–Trinajstić information content (AvgIpc) is 3.92. The van der Waals surface area contributed by atoms with Gasteiger partial charge in [-0.25, -0.2) is 0 Å². The molecule has 57 heavy (non-hydrogen) atoms. The van der Waals surface area contributed by atoms with Crippen molar-refractivity contribution >= 4 is 65.4 Å². The van der Waals surface area contributed by atoms with E-state index in [9.17, 15) is 0 Å². The van der Waals surface area contributed by atoms with Crippen LogP contribution in [0.5, 0.6) is 0 Å². The highest BCUT2D eigenvalue weighted by Crippen LogP contribution is 2.44. The molecule has 12 rings (SSSR count). The van der Waals surface area contributed by atoms with Gasteiger partial charge in [-0.1, -0.05) is 133 Å². The molecule has 0 bridgehead atoms. The van der Waals surface area contributed by atoms with E-state index in [1.807, 2.05) is 0 Å². The number of aromatic nitrogens is 3. The highest BCUT2D eigenvalue weighted by molar-refractivity contribution is 6.22. The lowest BCUT2D eigenvalue weighted by molar-refractivity contribution is 1.17. The van der Waals surface area contributed by atoms with Crippen LogP contribution in [0.2, 0.25) is 0 Å². The molecule has 0 aliphatic carbocycles. The van der Waals surface area contributed by atoms with Crippen LogP contribution < -0.4 is 0 Å². The number of hydrogen-bond donors (Lipinski definition) is 0. The topological polar surface area (TPSA) is 14.8 Å². The van der Waals surface area contributed by atoms with E-state index in [2.05, 4.69) is 226 Å². The Morgan fingerprint density at radius 3 is 1.23 bits per heavy atom. The van der Waals surface area contributed by atoms with Crippen LogP contribution in [0, 0.1) is 0 Å². The van der Waals surface area contributed by atoms with Crippen molar-refractivity contribution in [3.63, 3.8) is 0 Å². The third kappa shape index (κ3) is 4.73. The van der Waals surface area contributed by atoms with Gasteiger partial charge in [0.15, 0.2) is 0 Å². The number of nitrogens with zero attached hydrogens (tertiary/aromatic N) is 3. The zero-order chi connectivity index (χ0) is 37.5. The second kappa shape index (κ2) is 12.5. The van der Waals surface area contributed by atoms with Crippen molar-refractivity contribution in [3.05, 3.63) is 212 Å². The third-order valence-electron chi connectivity index (χ3n) is 11.8. The summed E-state index contributed by atoms with van der Waals surface area (Å²) < 4.78 is 7.27. The molecule has 3 aromatic heterocycles. The molecule has 0 N–H and O–H groups in total. The predicted octanol–water partition coefficient (Wildman–Crippen LogP) is 14.3. The molecule has 3 nitrogen and oxygen atoms in total. The number of hydrogen-bond acceptors (Lipinski definition) is 0. The van der Waals surface area contributed by atoms with Crippen molar-refractivity contribution < 1.29 is 0 Å². The van der Waals surface area contributed by atoms with Gasteiger partial charge in [-0.05, 0) is 101 Å². The zero-order valence-electron chi connectivity index (χ0n) is 31.0. The van der Waals surface area contributed by atoms with Crippen molar-refractivity contribution in [1.29, 1.82) is 0 Å². The maximum Gasteiger partial charge on any atom is 0.0547 e. The monoisotopic (exact) mass is 725 g/mol. The minimum atomic E-state index is 1.14. The maximum atomic E-state index is 2.47. The van der Waals surface area contributed by atoms with Gasteiger partial charge in [0.05, 0.1) is 33.1 Å². The molecular formula is C54H35N3. The molecule has 0 saturated carbocycles. The summed E-state index contributed by atoms with van der Waals surface area (Å²) in [5.41, 5.74) is 15.5. The predicted molar refractivity (Wildman–Crippen MR) is 240 cm³/mol. The van der Waals surface area contributed by atoms with Crippen LogP contribution in [0.15, 0.2) is 212 Å². The van der Waals surface area contributed by atoms with Crippen molar-refractivity contribution in [2.24, 2.45) is 0 Å². The van der Waals surface area contributed by atoms with Gasteiger partial charge in [0.2, 0.25) is 0 Å². The summed E-state index contributed by atoms with van der Waals surface area (Å²) in [5, 5.41) is 7.48. The molecule has 0 fully saturated rings. The Morgan fingerprint density at radius 1 is 0.228 bits per heavy atom. The minimum absolute atomic E-state index is 1.14. The highest BCUT2D eigenvalue weighted by atomic mass is 15.0. The van der Waals surface area contributed by atoms with Crippen LogP contribution in [0.4, 0.5) is 0 Å². The summed E-state index contributed by atoms with van der Waals surface area (Å²) in [6, 6.07) is 77.4. The van der Waals surface area contributed by atoms with Gasteiger partial charge in [0.25, 0.3) is 0 Å². The standard InChI is InChI=1S/C54H35N3/c1-4-16-36(17-5-1)37-30-32-49-45(34-37)46-35-40(31-33-50(46)55(49)38-18-6-2-7-19-38)57-48-27-13-11-23-44(48)54-42(25-15-29-52(54)57)41-24-14-28-51-53(41)43-22-10-12-26-47(43)56(51)39-20-8-3-9-21-39/h1-35H. The van der Waals surface area contributed by atoms with E-state index >= 15 is 0 Å². The van der Waals surface area contributed by atoms with E-state index in [0.717, 1.165) is 17.1 Å². The van der Waals surface area contributed by atoms with E-state index in [0.29, 0.717) is 0 Å². The smallest absolute Gasteiger partial charge is 0.0547 e. The Labute approximate surface area is 329 Å². The van der Waals surface area contributed by atoms with Gasteiger partial charge in [-0.3, -0.25) is 0 Å². The molecule has 0 radical (unpaired) electrons. The van der Waals surface area contributed by atoms with Crippen molar-refractivity contribution in [1.82, 2.24) is 13.7 Å². The van der Waals surface area contributed by atoms with E-state index in [-0.39, 0.29) is 0 Å². The van der Waals surface area contributed by atoms with Crippen molar-refractivity contribution in [3.8, 4) is 39.3 Å². The fourth-order valence-corrected chi connectivity index (χ4v) is 9.44. The summed E-state index contributed by atoms with van der Waals surface area (Å²) in [5.74, 6) is 0. The highest BCUT2D eigenvalue weighted by Gasteiger charge is 2.21. The van der Waals surface area contributed by atoms with Gasteiger partial charge in [0, 0.05) is 49.4 Å². The molecule has 3 heterocycles. The first kappa shape index (κ1) is 31.7. The van der Waals surface area contributed by atoms with Crippen LogP contribution in [0.25, 0.3) is 105 Å². The second-order valence-electron chi connectivity index (χ2n) is 14.9. The average molecular weight is 726 g/mol. The second-order valence-corrected chi connectivity index (χ2v) is 14.9. The maximum absolute atomic E-state index is 2.47. The van der Waals surface area contributed by atoms with Crippen LogP contribution >= 0.6 is 0 Å². The number of fused-ring (bicyclic) bond motifs is 9. The molecule has 12 aromatic rings. The van der Waals surface area contributed by atoms with Crippen molar-refractivity contribution in [2.75, 3.05) is 0 Å². The third-order valence-corrected chi connectivity index (χ3v) is 11.8. The molecule has 0 saturated heterocycles. The fraction of sp³-hybridized carbons (Fsp3) is 0. The lowest BCUT2D eigenvalue weighted by Crippen LogP contribution is -1.95. The Hall–Kier alpha value is -7.62. The molecule has 0 aliphatic heterocycles. The lowest BCUT2D eigenvalue weighted by Gasteiger charge is -2.11. The summed E-state index contributed by atoms with van der Waals surface area (Å²) in [6.07, 6.45) is 0. The number of rotatable bonds is 5. The largest absolute Gasteiger partial charge is 0.309 e. The first-order valence-electron chi connectivity index (χ1n) is 19.6. The lowest BCUT2D eigenvalue weighted by atomic mass is 9.95. The molecule has 0 spiro atoms. The summed E-state index contributed by atoms with van der Waals surface area (Å²) in [6.45, 7) is 0. The molecule has 0 atom stereocenters. The number of para-hydroxylation sites is 4. The van der Waals surface area contributed by atoms with Crippen LogP contribution in [-0.4, -0.2) is 13.7 Å². The minimum Gasteiger partial charge on any atom is -0.309 e. The molecule has 266 valence electrons. The molecule has 0 aliphatic rings. The van der Waals surface area contributed by atoms with Gasteiger partial charge in [-0.15, -0.1) is 0 Å². The van der Waals surface area contributed by atoms with E-state index in [4.69, 9.17) is 0 Å². The summed E-state index contributed by atoms with van der Waals surface area (Å²) in [4.78, 5) is 0. The van der Waals surface area contributed by atoms with Gasteiger partial charge in [-0.2, -0.15) is 0 Å². The fourth-order valence-electron chi connectivity index (χ4n) is 9.44. The Morgan fingerprint density at radius 2 is 0.649 bits per heavy atom. The van der Waals surface area contributed by atoms with Gasteiger partial charge in [0.1, 0.15) is 0 Å².